The maximum Gasteiger partial charge on any atom is 0.263 e. The Labute approximate surface area is 154 Å². The van der Waals surface area contributed by atoms with Crippen LogP contribution in [-0.2, 0) is 11.3 Å². The number of benzene rings is 2. The molecule has 0 aromatic heterocycles. The molecule has 1 aliphatic rings. The molecular weight excluding hydrogens is 326 g/mol. The molecule has 5 heteroatoms. The Bertz CT molecular complexity index is 777. The van der Waals surface area contributed by atoms with Crippen LogP contribution in [0.15, 0.2) is 54.6 Å². The summed E-state index contributed by atoms with van der Waals surface area (Å²) in [6.07, 6.45) is -0.606. The van der Waals surface area contributed by atoms with E-state index >= 15 is 0 Å². The van der Waals surface area contributed by atoms with Gasteiger partial charge in [0.05, 0.1) is 5.56 Å². The smallest absolute Gasteiger partial charge is 0.263 e. The van der Waals surface area contributed by atoms with Gasteiger partial charge in [0.25, 0.3) is 5.91 Å². The summed E-state index contributed by atoms with van der Waals surface area (Å²) in [6.45, 7) is 5.74. The molecule has 0 bridgehead atoms. The van der Waals surface area contributed by atoms with Gasteiger partial charge >= 0.3 is 0 Å². The van der Waals surface area contributed by atoms with Crippen molar-refractivity contribution in [3.8, 4) is 11.8 Å². The first-order valence-electron chi connectivity index (χ1n) is 8.88. The Morgan fingerprint density at radius 3 is 2.42 bits per heavy atom. The molecule has 2 aromatic carbocycles. The van der Waals surface area contributed by atoms with Gasteiger partial charge in [-0.05, 0) is 24.6 Å². The number of carbonyl (C=O) groups is 1. The van der Waals surface area contributed by atoms with Crippen molar-refractivity contribution in [1.29, 1.82) is 5.26 Å². The van der Waals surface area contributed by atoms with Crippen molar-refractivity contribution in [3.63, 3.8) is 0 Å². The number of carbonyl (C=O) groups excluding carboxylic acids is 1. The Morgan fingerprint density at radius 1 is 1.08 bits per heavy atom. The zero-order chi connectivity index (χ0) is 18.4. The fourth-order valence-electron chi connectivity index (χ4n) is 3.13. The highest BCUT2D eigenvalue weighted by Crippen LogP contribution is 2.19. The highest BCUT2D eigenvalue weighted by atomic mass is 16.5. The molecule has 1 aliphatic heterocycles. The molecule has 0 radical (unpaired) electrons. The van der Waals surface area contributed by atoms with Crippen LogP contribution in [-0.4, -0.2) is 48.0 Å². The summed E-state index contributed by atoms with van der Waals surface area (Å²) < 4.78 is 5.75. The Balaban J connectivity index is 1.52. The van der Waals surface area contributed by atoms with Gasteiger partial charge in [0.2, 0.25) is 0 Å². The minimum absolute atomic E-state index is 0.0305. The summed E-state index contributed by atoms with van der Waals surface area (Å²) in [5.74, 6) is 0.427. The monoisotopic (exact) mass is 349 g/mol. The predicted molar refractivity (Wildman–Crippen MR) is 99.5 cm³/mol. The summed E-state index contributed by atoms with van der Waals surface area (Å²) in [7, 11) is 0. The minimum atomic E-state index is -0.606. The number of piperazine rings is 1. The number of rotatable bonds is 5. The molecule has 2 aromatic rings. The molecule has 1 amide bonds. The van der Waals surface area contributed by atoms with E-state index in [1.165, 1.54) is 5.56 Å². The first kappa shape index (κ1) is 18.0. The number of nitriles is 1. The lowest BCUT2D eigenvalue weighted by atomic mass is 10.2. The molecule has 0 saturated carbocycles. The van der Waals surface area contributed by atoms with Gasteiger partial charge in [-0.15, -0.1) is 0 Å². The maximum atomic E-state index is 12.7. The Hall–Kier alpha value is -2.84. The molecular formula is C21H23N3O2. The molecule has 134 valence electrons. The largest absolute Gasteiger partial charge is 0.480 e. The third kappa shape index (κ3) is 4.41. The van der Waals surface area contributed by atoms with Gasteiger partial charge in [-0.1, -0.05) is 42.5 Å². The van der Waals surface area contributed by atoms with Crippen LogP contribution in [0.25, 0.3) is 0 Å². The second-order valence-electron chi connectivity index (χ2n) is 6.46. The van der Waals surface area contributed by atoms with Crippen LogP contribution in [0.3, 0.4) is 0 Å². The number of hydrogen-bond donors (Lipinski definition) is 0. The second kappa shape index (κ2) is 8.50. The molecule has 1 atom stereocenters. The molecule has 1 fully saturated rings. The van der Waals surface area contributed by atoms with Gasteiger partial charge in [0.15, 0.2) is 6.10 Å². The van der Waals surface area contributed by atoms with Crippen molar-refractivity contribution in [1.82, 2.24) is 9.80 Å². The Morgan fingerprint density at radius 2 is 1.73 bits per heavy atom. The molecule has 0 N–H and O–H groups in total. The lowest BCUT2D eigenvalue weighted by Gasteiger charge is -2.35. The van der Waals surface area contributed by atoms with Gasteiger partial charge in [0.1, 0.15) is 11.8 Å². The molecule has 26 heavy (non-hydrogen) atoms. The van der Waals surface area contributed by atoms with Crippen LogP contribution in [0.2, 0.25) is 0 Å². The molecule has 0 unspecified atom stereocenters. The summed E-state index contributed by atoms with van der Waals surface area (Å²) in [5, 5.41) is 9.14. The van der Waals surface area contributed by atoms with Gasteiger partial charge in [0, 0.05) is 32.7 Å². The summed E-state index contributed by atoms with van der Waals surface area (Å²) in [6, 6.07) is 19.5. The molecule has 5 nitrogen and oxygen atoms in total. The number of para-hydroxylation sites is 1. The number of nitrogens with zero attached hydrogens (tertiary/aromatic N) is 3. The zero-order valence-electron chi connectivity index (χ0n) is 15.0. The number of ether oxygens (including phenoxy) is 1. The molecule has 1 saturated heterocycles. The highest BCUT2D eigenvalue weighted by Gasteiger charge is 2.26. The molecule has 0 aliphatic carbocycles. The third-order valence-electron chi connectivity index (χ3n) is 4.59. The van der Waals surface area contributed by atoms with E-state index in [4.69, 9.17) is 10.00 Å². The fourth-order valence-corrected chi connectivity index (χ4v) is 3.13. The van der Waals surface area contributed by atoms with E-state index < -0.39 is 6.10 Å². The summed E-state index contributed by atoms with van der Waals surface area (Å²) in [5.41, 5.74) is 1.73. The van der Waals surface area contributed by atoms with E-state index in [2.05, 4.69) is 23.1 Å². The first-order chi connectivity index (χ1) is 12.7. The average Bonchev–Trinajstić information content (AvgIpc) is 2.69. The van der Waals surface area contributed by atoms with Gasteiger partial charge in [-0.2, -0.15) is 5.26 Å². The standard InChI is InChI=1S/C21H23N3O2/c1-17(26-20-10-6-5-9-19(20)15-22)21(25)24-13-11-23(12-14-24)16-18-7-3-2-4-8-18/h2-10,17H,11-14,16H2,1H3/t17-/m1/s1. The number of hydrogen-bond acceptors (Lipinski definition) is 4. The van der Waals surface area contributed by atoms with Crippen LogP contribution >= 0.6 is 0 Å². The predicted octanol–water partition coefficient (Wildman–Crippen LogP) is 2.67. The van der Waals surface area contributed by atoms with E-state index in [-0.39, 0.29) is 5.91 Å². The van der Waals surface area contributed by atoms with E-state index in [1.807, 2.05) is 23.1 Å². The molecule has 0 spiro atoms. The van der Waals surface area contributed by atoms with Crippen molar-refractivity contribution in [2.45, 2.75) is 19.6 Å². The molecule has 1 heterocycles. The molecule has 3 rings (SSSR count). The normalized spacial score (nSPS) is 15.9. The maximum absolute atomic E-state index is 12.7. The lowest BCUT2D eigenvalue weighted by molar-refractivity contribution is -0.139. The number of amides is 1. The van der Waals surface area contributed by atoms with Crippen molar-refractivity contribution in [2.24, 2.45) is 0 Å². The quantitative estimate of drug-likeness (QED) is 0.833. The highest BCUT2D eigenvalue weighted by molar-refractivity contribution is 5.81. The van der Waals surface area contributed by atoms with Crippen molar-refractivity contribution in [2.75, 3.05) is 26.2 Å². The van der Waals surface area contributed by atoms with E-state index in [0.29, 0.717) is 24.4 Å². The van der Waals surface area contributed by atoms with Crippen molar-refractivity contribution < 1.29 is 9.53 Å². The van der Waals surface area contributed by atoms with Crippen molar-refractivity contribution >= 4 is 5.91 Å². The minimum Gasteiger partial charge on any atom is -0.480 e. The van der Waals surface area contributed by atoms with Crippen LogP contribution in [0.1, 0.15) is 18.1 Å². The fraction of sp³-hybridized carbons (Fsp3) is 0.333. The van der Waals surface area contributed by atoms with E-state index in [0.717, 1.165) is 19.6 Å². The second-order valence-corrected chi connectivity index (χ2v) is 6.46. The summed E-state index contributed by atoms with van der Waals surface area (Å²) in [4.78, 5) is 16.9. The van der Waals surface area contributed by atoms with Crippen molar-refractivity contribution in [3.05, 3.63) is 65.7 Å². The zero-order valence-corrected chi connectivity index (χ0v) is 15.0. The van der Waals surface area contributed by atoms with Gasteiger partial charge in [-0.25, -0.2) is 0 Å². The van der Waals surface area contributed by atoms with Gasteiger partial charge < -0.3 is 9.64 Å². The summed E-state index contributed by atoms with van der Waals surface area (Å²) >= 11 is 0. The Kier molecular flexibility index (Phi) is 5.88. The van der Waals surface area contributed by atoms with Crippen LogP contribution in [0, 0.1) is 11.3 Å². The first-order valence-corrected chi connectivity index (χ1v) is 8.88. The topological polar surface area (TPSA) is 56.6 Å². The van der Waals surface area contributed by atoms with Crippen LogP contribution in [0.5, 0.6) is 5.75 Å². The van der Waals surface area contributed by atoms with E-state index in [1.54, 1.807) is 31.2 Å². The van der Waals surface area contributed by atoms with Crippen LogP contribution in [0.4, 0.5) is 0 Å². The average molecular weight is 349 g/mol. The SMILES string of the molecule is C[C@@H](Oc1ccccc1C#N)C(=O)N1CCN(Cc2ccccc2)CC1. The van der Waals surface area contributed by atoms with Gasteiger partial charge in [-0.3, -0.25) is 9.69 Å². The van der Waals surface area contributed by atoms with Crippen LogP contribution < -0.4 is 4.74 Å². The lowest BCUT2D eigenvalue weighted by Crippen LogP contribution is -2.51. The van der Waals surface area contributed by atoms with E-state index in [9.17, 15) is 4.79 Å². The third-order valence-corrected chi connectivity index (χ3v) is 4.59.